The standard InChI is InChI=1S/C18H29N3/c1-9-10-21(8)16-12-14(13-19-18(5,6)7)11-15(20-16)17(2,3)4/h1,11-12,19H,10,13H2,2-8H3. The highest BCUT2D eigenvalue weighted by Gasteiger charge is 2.19. The Bertz CT molecular complexity index is 513. The second kappa shape index (κ2) is 6.49. The number of rotatable bonds is 4. The maximum atomic E-state index is 5.41. The summed E-state index contributed by atoms with van der Waals surface area (Å²) in [5.41, 5.74) is 2.44. The van der Waals surface area contributed by atoms with Crippen LogP contribution < -0.4 is 10.2 Å². The van der Waals surface area contributed by atoms with Crippen LogP contribution >= 0.6 is 0 Å². The molecule has 0 radical (unpaired) electrons. The van der Waals surface area contributed by atoms with E-state index in [9.17, 15) is 0 Å². The smallest absolute Gasteiger partial charge is 0.129 e. The Hall–Kier alpha value is -1.53. The van der Waals surface area contributed by atoms with Crippen LogP contribution in [0.3, 0.4) is 0 Å². The Morgan fingerprint density at radius 3 is 2.29 bits per heavy atom. The first-order valence-corrected chi connectivity index (χ1v) is 7.44. The van der Waals surface area contributed by atoms with Crippen molar-refractivity contribution in [2.24, 2.45) is 0 Å². The van der Waals surface area contributed by atoms with Gasteiger partial charge in [-0.25, -0.2) is 4.98 Å². The molecule has 1 rings (SSSR count). The largest absolute Gasteiger partial charge is 0.349 e. The summed E-state index contributed by atoms with van der Waals surface area (Å²) in [5.74, 6) is 3.61. The van der Waals surface area contributed by atoms with E-state index in [0.29, 0.717) is 6.54 Å². The third-order valence-electron chi connectivity index (χ3n) is 3.18. The van der Waals surface area contributed by atoms with Crippen molar-refractivity contribution in [3.05, 3.63) is 23.4 Å². The topological polar surface area (TPSA) is 28.2 Å². The van der Waals surface area contributed by atoms with Crippen molar-refractivity contribution in [3.8, 4) is 12.3 Å². The minimum Gasteiger partial charge on any atom is -0.349 e. The van der Waals surface area contributed by atoms with Crippen LogP contribution in [0.15, 0.2) is 12.1 Å². The molecule has 0 aliphatic rings. The van der Waals surface area contributed by atoms with Gasteiger partial charge in [0, 0.05) is 30.2 Å². The zero-order chi connectivity index (χ0) is 16.3. The van der Waals surface area contributed by atoms with Gasteiger partial charge in [-0.05, 0) is 38.5 Å². The van der Waals surface area contributed by atoms with Gasteiger partial charge in [-0.1, -0.05) is 26.7 Å². The Kier molecular flexibility index (Phi) is 5.42. The number of hydrogen-bond acceptors (Lipinski definition) is 3. The molecule has 0 saturated carbocycles. The summed E-state index contributed by atoms with van der Waals surface area (Å²) in [5, 5.41) is 3.53. The van der Waals surface area contributed by atoms with Crippen LogP contribution in [0.25, 0.3) is 0 Å². The molecular weight excluding hydrogens is 258 g/mol. The van der Waals surface area contributed by atoms with Gasteiger partial charge in [-0.3, -0.25) is 0 Å². The Morgan fingerprint density at radius 1 is 1.19 bits per heavy atom. The van der Waals surface area contributed by atoms with Crippen LogP contribution in [0.4, 0.5) is 5.82 Å². The van der Waals surface area contributed by atoms with Crippen molar-refractivity contribution >= 4 is 5.82 Å². The average molecular weight is 287 g/mol. The predicted molar refractivity (Wildman–Crippen MR) is 91.6 cm³/mol. The van der Waals surface area contributed by atoms with Crippen molar-refractivity contribution in [1.29, 1.82) is 0 Å². The van der Waals surface area contributed by atoms with Gasteiger partial charge >= 0.3 is 0 Å². The van der Waals surface area contributed by atoms with Gasteiger partial charge < -0.3 is 10.2 Å². The highest BCUT2D eigenvalue weighted by Crippen LogP contribution is 2.24. The zero-order valence-electron chi connectivity index (χ0n) is 14.5. The fourth-order valence-electron chi connectivity index (χ4n) is 1.84. The number of hydrogen-bond donors (Lipinski definition) is 1. The summed E-state index contributed by atoms with van der Waals surface area (Å²) in [6.45, 7) is 14.4. The van der Waals surface area contributed by atoms with Crippen LogP contribution in [0.5, 0.6) is 0 Å². The average Bonchev–Trinajstić information content (AvgIpc) is 2.34. The number of pyridine rings is 1. The SMILES string of the molecule is C#CCN(C)c1cc(CNC(C)(C)C)cc(C(C)(C)C)n1. The summed E-state index contributed by atoms with van der Waals surface area (Å²) in [6, 6.07) is 4.30. The molecule has 1 aromatic heterocycles. The zero-order valence-corrected chi connectivity index (χ0v) is 14.5. The molecule has 0 saturated heterocycles. The van der Waals surface area contributed by atoms with Crippen molar-refractivity contribution < 1.29 is 0 Å². The molecule has 3 heteroatoms. The first-order chi connectivity index (χ1) is 9.53. The van der Waals surface area contributed by atoms with Crippen LogP contribution in [0, 0.1) is 12.3 Å². The van der Waals surface area contributed by atoms with Crippen molar-refractivity contribution in [2.75, 3.05) is 18.5 Å². The van der Waals surface area contributed by atoms with Gasteiger partial charge in [0.15, 0.2) is 0 Å². The molecule has 1 aromatic rings. The maximum absolute atomic E-state index is 5.41. The summed E-state index contributed by atoms with van der Waals surface area (Å²) in [4.78, 5) is 6.78. The van der Waals surface area contributed by atoms with E-state index in [4.69, 9.17) is 11.4 Å². The van der Waals surface area contributed by atoms with Crippen molar-refractivity contribution in [3.63, 3.8) is 0 Å². The van der Waals surface area contributed by atoms with Gasteiger partial charge in [0.05, 0.1) is 6.54 Å². The van der Waals surface area contributed by atoms with Crippen molar-refractivity contribution in [1.82, 2.24) is 10.3 Å². The van der Waals surface area contributed by atoms with E-state index < -0.39 is 0 Å². The first-order valence-electron chi connectivity index (χ1n) is 7.44. The lowest BCUT2D eigenvalue weighted by Crippen LogP contribution is -2.35. The van der Waals surface area contributed by atoms with E-state index in [2.05, 4.69) is 64.9 Å². The number of anilines is 1. The molecule has 0 bridgehead atoms. The molecule has 0 aliphatic carbocycles. The number of nitrogens with zero attached hydrogens (tertiary/aromatic N) is 2. The minimum absolute atomic E-state index is 0.0173. The summed E-state index contributed by atoms with van der Waals surface area (Å²) >= 11 is 0. The lowest BCUT2D eigenvalue weighted by atomic mass is 9.90. The fraction of sp³-hybridized carbons (Fsp3) is 0.611. The number of terminal acetylenes is 1. The van der Waals surface area contributed by atoms with E-state index in [0.717, 1.165) is 18.1 Å². The molecule has 0 spiro atoms. The molecule has 0 atom stereocenters. The molecule has 0 aromatic carbocycles. The predicted octanol–water partition coefficient (Wildman–Crippen LogP) is 3.34. The number of aromatic nitrogens is 1. The van der Waals surface area contributed by atoms with Crippen LogP contribution in [-0.4, -0.2) is 24.1 Å². The van der Waals surface area contributed by atoms with Gasteiger partial charge in [-0.2, -0.15) is 0 Å². The Morgan fingerprint density at radius 2 is 1.81 bits per heavy atom. The maximum Gasteiger partial charge on any atom is 0.129 e. The summed E-state index contributed by atoms with van der Waals surface area (Å²) in [7, 11) is 1.98. The molecule has 21 heavy (non-hydrogen) atoms. The van der Waals surface area contributed by atoms with Gasteiger partial charge in [0.25, 0.3) is 0 Å². The molecule has 0 fully saturated rings. The molecule has 0 amide bonds. The molecule has 0 aliphatic heterocycles. The number of nitrogens with one attached hydrogen (secondary N) is 1. The highest BCUT2D eigenvalue weighted by atomic mass is 15.2. The molecule has 3 nitrogen and oxygen atoms in total. The van der Waals surface area contributed by atoms with E-state index in [-0.39, 0.29) is 11.0 Å². The second-order valence-corrected chi connectivity index (χ2v) is 7.63. The lowest BCUT2D eigenvalue weighted by molar-refractivity contribution is 0.423. The lowest BCUT2D eigenvalue weighted by Gasteiger charge is -2.25. The second-order valence-electron chi connectivity index (χ2n) is 7.63. The quantitative estimate of drug-likeness (QED) is 0.861. The third kappa shape index (κ3) is 5.77. The summed E-state index contributed by atoms with van der Waals surface area (Å²) in [6.07, 6.45) is 5.41. The first kappa shape index (κ1) is 17.5. The Balaban J connectivity index is 3.13. The van der Waals surface area contributed by atoms with E-state index in [1.54, 1.807) is 0 Å². The molecule has 116 valence electrons. The highest BCUT2D eigenvalue weighted by molar-refractivity contribution is 5.44. The van der Waals surface area contributed by atoms with Gasteiger partial charge in [-0.15, -0.1) is 6.42 Å². The molecular formula is C18H29N3. The molecule has 0 unspecified atom stereocenters. The van der Waals surface area contributed by atoms with E-state index >= 15 is 0 Å². The van der Waals surface area contributed by atoms with E-state index in [1.807, 2.05) is 11.9 Å². The monoisotopic (exact) mass is 287 g/mol. The molecule has 1 N–H and O–H groups in total. The third-order valence-corrected chi connectivity index (χ3v) is 3.18. The van der Waals surface area contributed by atoms with Crippen LogP contribution in [-0.2, 0) is 12.0 Å². The normalized spacial score (nSPS) is 12.1. The molecule has 1 heterocycles. The van der Waals surface area contributed by atoms with Gasteiger partial charge in [0.2, 0.25) is 0 Å². The van der Waals surface area contributed by atoms with Crippen molar-refractivity contribution in [2.45, 2.75) is 59.0 Å². The van der Waals surface area contributed by atoms with Crippen LogP contribution in [0.1, 0.15) is 52.8 Å². The van der Waals surface area contributed by atoms with Gasteiger partial charge in [0.1, 0.15) is 5.82 Å². The van der Waals surface area contributed by atoms with E-state index in [1.165, 1.54) is 5.56 Å². The Labute approximate surface area is 130 Å². The summed E-state index contributed by atoms with van der Waals surface area (Å²) < 4.78 is 0. The fourth-order valence-corrected chi connectivity index (χ4v) is 1.84. The minimum atomic E-state index is 0.0173. The van der Waals surface area contributed by atoms with Crippen LogP contribution in [0.2, 0.25) is 0 Å².